The van der Waals surface area contributed by atoms with Crippen molar-refractivity contribution in [1.29, 1.82) is 0 Å². The highest BCUT2D eigenvalue weighted by Crippen LogP contribution is 2.33. The summed E-state index contributed by atoms with van der Waals surface area (Å²) in [5.41, 5.74) is 0.895. The molecule has 2 heterocycles. The lowest BCUT2D eigenvalue weighted by Gasteiger charge is -2.18. The van der Waals surface area contributed by atoms with Crippen molar-refractivity contribution in [1.82, 2.24) is 14.8 Å². The average Bonchev–Trinajstić information content (AvgIpc) is 3.00. The highest BCUT2D eigenvalue weighted by atomic mass is 79.9. The van der Waals surface area contributed by atoms with Crippen LogP contribution in [-0.2, 0) is 0 Å². The van der Waals surface area contributed by atoms with E-state index in [1.54, 1.807) is 6.92 Å². The van der Waals surface area contributed by atoms with Crippen molar-refractivity contribution in [3.63, 3.8) is 0 Å². The average molecular weight is 441 g/mol. The quantitative estimate of drug-likeness (QED) is 0.425. The molecular weight excluding hydrogens is 431 g/mol. The summed E-state index contributed by atoms with van der Waals surface area (Å²) in [4.78, 5) is 14.2. The molecule has 0 aliphatic carbocycles. The summed E-state index contributed by atoms with van der Waals surface area (Å²) in [6, 6.07) is 6.91. The monoisotopic (exact) mass is 439 g/mol. The third-order valence-electron chi connectivity index (χ3n) is 3.43. The molecule has 0 aliphatic rings. The van der Waals surface area contributed by atoms with Crippen LogP contribution in [0.15, 0.2) is 41.0 Å². The molecule has 0 fully saturated rings. The molecule has 1 atom stereocenters. The van der Waals surface area contributed by atoms with E-state index < -0.39 is 22.7 Å². The van der Waals surface area contributed by atoms with Gasteiger partial charge in [-0.25, -0.2) is 9.07 Å². The van der Waals surface area contributed by atoms with Crippen molar-refractivity contribution >= 4 is 33.3 Å². The second-order valence-corrected chi connectivity index (χ2v) is 6.51. The molecule has 3 rings (SSSR count). The minimum Gasteiger partial charge on any atom is -0.478 e. The lowest BCUT2D eigenvalue weighted by molar-refractivity contribution is -0.390. The molecule has 3 aromatic rings. The first kappa shape index (κ1) is 18.3. The predicted molar refractivity (Wildman–Crippen MR) is 95.0 cm³/mol. The molecule has 10 heteroatoms. The van der Waals surface area contributed by atoms with Crippen LogP contribution in [0.1, 0.15) is 18.6 Å². The zero-order valence-electron chi connectivity index (χ0n) is 13.2. The number of halogens is 3. The molecule has 0 saturated carbocycles. The number of nitrogens with zero attached hydrogens (tertiary/aromatic N) is 4. The van der Waals surface area contributed by atoms with Crippen LogP contribution in [0.25, 0.3) is 5.69 Å². The summed E-state index contributed by atoms with van der Waals surface area (Å²) in [6.07, 6.45) is 3.36. The SMILES string of the molecule is CC(Oc1cc(Br)cnc1[N+](=O)[O-])c1cc(F)ccc1-n1[c]cc(Cl)n1. The van der Waals surface area contributed by atoms with Crippen molar-refractivity contribution in [2.24, 2.45) is 0 Å². The van der Waals surface area contributed by atoms with Crippen LogP contribution < -0.4 is 4.74 Å². The van der Waals surface area contributed by atoms with Crippen LogP contribution in [-0.4, -0.2) is 19.7 Å². The molecule has 0 N–H and O–H groups in total. The second kappa shape index (κ2) is 7.38. The first-order valence-corrected chi connectivity index (χ1v) is 8.42. The molecule has 0 aliphatic heterocycles. The van der Waals surface area contributed by atoms with Gasteiger partial charge in [-0.15, -0.1) is 0 Å². The van der Waals surface area contributed by atoms with E-state index in [0.717, 1.165) is 0 Å². The molecule has 2 aromatic heterocycles. The molecule has 1 radical (unpaired) electrons. The van der Waals surface area contributed by atoms with Gasteiger partial charge in [0.25, 0.3) is 0 Å². The van der Waals surface area contributed by atoms with E-state index in [2.05, 4.69) is 32.2 Å². The minimum absolute atomic E-state index is 0.0467. The van der Waals surface area contributed by atoms with Gasteiger partial charge in [-0.1, -0.05) is 11.6 Å². The van der Waals surface area contributed by atoms with Gasteiger partial charge in [0, 0.05) is 17.7 Å². The van der Waals surface area contributed by atoms with Gasteiger partial charge >= 0.3 is 5.82 Å². The van der Waals surface area contributed by atoms with Crippen LogP contribution >= 0.6 is 27.5 Å². The number of pyridine rings is 1. The number of benzene rings is 1. The van der Waals surface area contributed by atoms with Gasteiger partial charge in [0.05, 0.1) is 16.4 Å². The van der Waals surface area contributed by atoms with Crippen LogP contribution in [0.4, 0.5) is 10.2 Å². The summed E-state index contributed by atoms with van der Waals surface area (Å²) >= 11 is 9.02. The molecule has 0 amide bonds. The van der Waals surface area contributed by atoms with Crippen LogP contribution in [0.2, 0.25) is 5.15 Å². The van der Waals surface area contributed by atoms with E-state index in [1.165, 1.54) is 41.2 Å². The van der Waals surface area contributed by atoms with E-state index in [-0.39, 0.29) is 10.9 Å². The number of aromatic nitrogens is 3. The normalized spacial score (nSPS) is 12.0. The fourth-order valence-electron chi connectivity index (χ4n) is 2.33. The van der Waals surface area contributed by atoms with Gasteiger partial charge in [0.2, 0.25) is 5.75 Å². The Morgan fingerprint density at radius 1 is 1.46 bits per heavy atom. The molecule has 7 nitrogen and oxygen atoms in total. The molecule has 26 heavy (non-hydrogen) atoms. The molecule has 0 spiro atoms. The molecule has 1 aromatic carbocycles. The number of ether oxygens (including phenoxy) is 1. The van der Waals surface area contributed by atoms with Crippen molar-refractivity contribution in [2.75, 3.05) is 0 Å². The van der Waals surface area contributed by atoms with E-state index in [4.69, 9.17) is 16.3 Å². The fraction of sp³-hybridized carbons (Fsp3) is 0.125. The molecule has 0 saturated heterocycles. The Hall–Kier alpha value is -2.52. The van der Waals surface area contributed by atoms with Crippen molar-refractivity contribution in [3.8, 4) is 11.4 Å². The summed E-state index contributed by atoms with van der Waals surface area (Å²) in [5.74, 6) is -0.972. The molecule has 133 valence electrons. The van der Waals surface area contributed by atoms with Crippen molar-refractivity contribution < 1.29 is 14.1 Å². The Bertz CT molecular complexity index is 982. The standard InChI is InChI=1S/C16H10BrClFN4O3/c1-9(26-14-6-10(17)8-20-16(14)23(24)25)12-7-11(19)2-3-13(12)22-5-4-15(18)21-22/h2-4,6-9H,1H3. The van der Waals surface area contributed by atoms with E-state index in [0.29, 0.717) is 15.7 Å². The number of hydrogen-bond acceptors (Lipinski definition) is 5. The first-order chi connectivity index (χ1) is 12.3. The summed E-state index contributed by atoms with van der Waals surface area (Å²) in [7, 11) is 0. The Morgan fingerprint density at radius 2 is 2.23 bits per heavy atom. The third kappa shape index (κ3) is 3.83. The first-order valence-electron chi connectivity index (χ1n) is 7.25. The van der Waals surface area contributed by atoms with Crippen LogP contribution in [0, 0.1) is 22.1 Å². The van der Waals surface area contributed by atoms with Crippen LogP contribution in [0.3, 0.4) is 0 Å². The summed E-state index contributed by atoms with van der Waals surface area (Å²) < 4.78 is 21.4. The predicted octanol–water partition coefficient (Wildman–Crippen LogP) is 4.67. The number of nitro groups is 1. The second-order valence-electron chi connectivity index (χ2n) is 5.20. The van der Waals surface area contributed by atoms with Crippen LogP contribution in [0.5, 0.6) is 5.75 Å². The molecular formula is C16H10BrClFN4O3. The van der Waals surface area contributed by atoms with Crippen molar-refractivity contribution in [3.05, 3.63) is 73.8 Å². The molecule has 1 unspecified atom stereocenters. The minimum atomic E-state index is -0.744. The van der Waals surface area contributed by atoms with Gasteiger partial charge < -0.3 is 14.9 Å². The Labute approximate surface area is 160 Å². The summed E-state index contributed by atoms with van der Waals surface area (Å²) in [5, 5.41) is 15.4. The Balaban J connectivity index is 2.01. The van der Waals surface area contributed by atoms with Gasteiger partial charge in [0.1, 0.15) is 11.9 Å². The zero-order valence-corrected chi connectivity index (χ0v) is 15.5. The maximum Gasteiger partial charge on any atom is 0.406 e. The summed E-state index contributed by atoms with van der Waals surface area (Å²) in [6.45, 7) is 1.63. The Morgan fingerprint density at radius 3 is 2.88 bits per heavy atom. The largest absolute Gasteiger partial charge is 0.478 e. The van der Waals surface area contributed by atoms with Crippen molar-refractivity contribution in [2.45, 2.75) is 13.0 Å². The van der Waals surface area contributed by atoms with E-state index in [1.807, 2.05) is 0 Å². The van der Waals surface area contributed by atoms with Gasteiger partial charge in [-0.05, 0) is 51.0 Å². The van der Waals surface area contributed by atoms with Gasteiger partial charge in [-0.3, -0.25) is 0 Å². The Kier molecular flexibility index (Phi) is 5.19. The maximum absolute atomic E-state index is 13.8. The van der Waals surface area contributed by atoms with E-state index in [9.17, 15) is 14.5 Å². The third-order valence-corrected chi connectivity index (χ3v) is 4.05. The lowest BCUT2D eigenvalue weighted by Crippen LogP contribution is -2.10. The highest BCUT2D eigenvalue weighted by molar-refractivity contribution is 9.10. The number of hydrogen-bond donors (Lipinski definition) is 0. The van der Waals surface area contributed by atoms with Gasteiger partial charge in [0.15, 0.2) is 11.3 Å². The van der Waals surface area contributed by atoms with Gasteiger partial charge in [-0.2, -0.15) is 5.10 Å². The topological polar surface area (TPSA) is 83.1 Å². The maximum atomic E-state index is 13.8. The number of rotatable bonds is 5. The molecule has 0 bridgehead atoms. The fourth-order valence-corrected chi connectivity index (χ4v) is 2.76. The van der Waals surface area contributed by atoms with E-state index >= 15 is 0 Å². The zero-order chi connectivity index (χ0) is 18.8. The smallest absolute Gasteiger partial charge is 0.406 e. The highest BCUT2D eigenvalue weighted by Gasteiger charge is 2.22. The lowest BCUT2D eigenvalue weighted by atomic mass is 10.1.